The van der Waals surface area contributed by atoms with Crippen molar-refractivity contribution < 1.29 is 13.9 Å². The van der Waals surface area contributed by atoms with Crippen LogP contribution in [-0.4, -0.2) is 18.1 Å². The SMILES string of the molecule is COC(=O)c1ccc(F)c(CNc2nc(C)ccc2C#N)c1. The Morgan fingerprint density at radius 1 is 1.41 bits per heavy atom. The van der Waals surface area contributed by atoms with Gasteiger partial charge in [-0.1, -0.05) is 0 Å². The van der Waals surface area contributed by atoms with Gasteiger partial charge in [0.05, 0.1) is 18.2 Å². The zero-order valence-corrected chi connectivity index (χ0v) is 12.2. The van der Waals surface area contributed by atoms with Crippen molar-refractivity contribution in [3.63, 3.8) is 0 Å². The number of aromatic nitrogens is 1. The molecule has 1 aromatic heterocycles. The lowest BCUT2D eigenvalue weighted by Crippen LogP contribution is -2.08. The zero-order valence-electron chi connectivity index (χ0n) is 12.2. The summed E-state index contributed by atoms with van der Waals surface area (Å²) >= 11 is 0. The first-order valence-corrected chi connectivity index (χ1v) is 6.53. The fourth-order valence-corrected chi connectivity index (χ4v) is 1.92. The predicted molar refractivity (Wildman–Crippen MR) is 78.8 cm³/mol. The molecule has 1 heterocycles. The van der Waals surface area contributed by atoms with E-state index in [1.54, 1.807) is 19.1 Å². The minimum Gasteiger partial charge on any atom is -0.465 e. The van der Waals surface area contributed by atoms with Gasteiger partial charge in [-0.2, -0.15) is 5.26 Å². The molecule has 0 unspecified atom stereocenters. The van der Waals surface area contributed by atoms with Crippen LogP contribution in [0.1, 0.15) is 27.2 Å². The van der Waals surface area contributed by atoms with E-state index in [0.717, 1.165) is 5.69 Å². The molecule has 0 spiro atoms. The molecule has 6 heteroatoms. The Kier molecular flexibility index (Phi) is 4.69. The molecular formula is C16H14FN3O2. The second-order valence-corrected chi connectivity index (χ2v) is 4.61. The lowest BCUT2D eigenvalue weighted by molar-refractivity contribution is 0.0600. The van der Waals surface area contributed by atoms with Gasteiger partial charge in [-0.15, -0.1) is 0 Å². The first-order valence-electron chi connectivity index (χ1n) is 6.53. The number of anilines is 1. The Morgan fingerprint density at radius 2 is 2.18 bits per heavy atom. The van der Waals surface area contributed by atoms with Gasteiger partial charge >= 0.3 is 5.97 Å². The molecular weight excluding hydrogens is 285 g/mol. The van der Waals surface area contributed by atoms with E-state index < -0.39 is 11.8 Å². The normalized spacial score (nSPS) is 9.91. The van der Waals surface area contributed by atoms with Gasteiger partial charge in [-0.25, -0.2) is 14.2 Å². The smallest absolute Gasteiger partial charge is 0.337 e. The molecule has 2 aromatic rings. The average molecular weight is 299 g/mol. The summed E-state index contributed by atoms with van der Waals surface area (Å²) in [5, 5.41) is 12.0. The number of halogens is 1. The van der Waals surface area contributed by atoms with Crippen LogP contribution in [0.3, 0.4) is 0 Å². The highest BCUT2D eigenvalue weighted by molar-refractivity contribution is 5.89. The summed E-state index contributed by atoms with van der Waals surface area (Å²) in [7, 11) is 1.26. The largest absolute Gasteiger partial charge is 0.465 e. The molecule has 5 nitrogen and oxygen atoms in total. The summed E-state index contributed by atoms with van der Waals surface area (Å²) in [6.07, 6.45) is 0. The molecule has 0 saturated carbocycles. The monoisotopic (exact) mass is 299 g/mol. The van der Waals surface area contributed by atoms with Crippen LogP contribution in [0.15, 0.2) is 30.3 Å². The maximum atomic E-state index is 13.8. The van der Waals surface area contributed by atoms with Crippen molar-refractivity contribution in [1.82, 2.24) is 4.98 Å². The third-order valence-electron chi connectivity index (χ3n) is 3.07. The van der Waals surface area contributed by atoms with Crippen LogP contribution in [0, 0.1) is 24.1 Å². The number of esters is 1. The average Bonchev–Trinajstić information content (AvgIpc) is 2.53. The van der Waals surface area contributed by atoms with Crippen molar-refractivity contribution >= 4 is 11.8 Å². The lowest BCUT2D eigenvalue weighted by atomic mass is 10.1. The first kappa shape index (κ1) is 15.4. The fourth-order valence-electron chi connectivity index (χ4n) is 1.92. The van der Waals surface area contributed by atoms with Crippen LogP contribution < -0.4 is 5.32 Å². The minimum atomic E-state index is -0.535. The van der Waals surface area contributed by atoms with Crippen LogP contribution in [-0.2, 0) is 11.3 Å². The number of pyridine rings is 1. The summed E-state index contributed by atoms with van der Waals surface area (Å²) < 4.78 is 18.4. The number of nitrogens with one attached hydrogen (secondary N) is 1. The third-order valence-corrected chi connectivity index (χ3v) is 3.07. The van der Waals surface area contributed by atoms with E-state index >= 15 is 0 Å². The minimum absolute atomic E-state index is 0.0990. The van der Waals surface area contributed by atoms with Crippen LogP contribution in [0.2, 0.25) is 0 Å². The van der Waals surface area contributed by atoms with Crippen LogP contribution in [0.25, 0.3) is 0 Å². The number of methoxy groups -OCH3 is 1. The van der Waals surface area contributed by atoms with Gasteiger partial charge in [0, 0.05) is 17.8 Å². The predicted octanol–water partition coefficient (Wildman–Crippen LogP) is 2.80. The van der Waals surface area contributed by atoms with E-state index in [-0.39, 0.29) is 17.7 Å². The number of rotatable bonds is 4. The molecule has 0 aliphatic carbocycles. The van der Waals surface area contributed by atoms with Crippen LogP contribution in [0.5, 0.6) is 0 Å². The summed E-state index contributed by atoms with van der Waals surface area (Å²) in [4.78, 5) is 15.7. The fraction of sp³-hybridized carbons (Fsp3) is 0.188. The third kappa shape index (κ3) is 3.38. The molecule has 0 amide bonds. The van der Waals surface area contributed by atoms with E-state index in [2.05, 4.69) is 15.0 Å². The highest BCUT2D eigenvalue weighted by Crippen LogP contribution is 2.16. The number of aryl methyl sites for hydroxylation is 1. The molecule has 112 valence electrons. The second kappa shape index (κ2) is 6.68. The van der Waals surface area contributed by atoms with Crippen LogP contribution in [0.4, 0.5) is 10.2 Å². The highest BCUT2D eigenvalue weighted by Gasteiger charge is 2.11. The Labute approximate surface area is 127 Å². The Bertz CT molecular complexity index is 754. The molecule has 2 rings (SSSR count). The van der Waals surface area contributed by atoms with Gasteiger partial charge in [-0.3, -0.25) is 0 Å². The molecule has 0 aliphatic rings. The van der Waals surface area contributed by atoms with Crippen molar-refractivity contribution in [2.45, 2.75) is 13.5 Å². The van der Waals surface area contributed by atoms with E-state index in [9.17, 15) is 9.18 Å². The second-order valence-electron chi connectivity index (χ2n) is 4.61. The molecule has 1 N–H and O–H groups in total. The van der Waals surface area contributed by atoms with E-state index in [1.807, 2.05) is 6.07 Å². The van der Waals surface area contributed by atoms with Gasteiger partial charge in [0.1, 0.15) is 17.7 Å². The van der Waals surface area contributed by atoms with Crippen molar-refractivity contribution in [3.8, 4) is 6.07 Å². The molecule has 0 aliphatic heterocycles. The molecule has 1 aromatic carbocycles. The first-order chi connectivity index (χ1) is 10.5. The van der Waals surface area contributed by atoms with Gasteiger partial charge in [0.25, 0.3) is 0 Å². The maximum Gasteiger partial charge on any atom is 0.337 e. The lowest BCUT2D eigenvalue weighted by Gasteiger charge is -2.10. The Hall–Kier alpha value is -2.94. The number of carbonyl (C=O) groups is 1. The standard InChI is InChI=1S/C16H14FN3O2/c1-10-3-4-12(8-18)15(20-10)19-9-13-7-11(16(21)22-2)5-6-14(13)17/h3-7H,9H2,1-2H3,(H,19,20). The maximum absolute atomic E-state index is 13.8. The zero-order chi connectivity index (χ0) is 16.1. The van der Waals surface area contributed by atoms with E-state index in [4.69, 9.17) is 5.26 Å². The van der Waals surface area contributed by atoms with Crippen LogP contribution >= 0.6 is 0 Å². The summed E-state index contributed by atoms with van der Waals surface area (Å²) in [5.41, 5.74) is 1.66. The molecule has 0 fully saturated rings. The van der Waals surface area contributed by atoms with E-state index in [0.29, 0.717) is 11.4 Å². The highest BCUT2D eigenvalue weighted by atomic mass is 19.1. The van der Waals surface area contributed by atoms with Crippen molar-refractivity contribution in [1.29, 1.82) is 5.26 Å². The number of nitrogens with zero attached hydrogens (tertiary/aromatic N) is 2. The van der Waals surface area contributed by atoms with Gasteiger partial charge in [-0.05, 0) is 37.3 Å². The van der Waals surface area contributed by atoms with Gasteiger partial charge in [0.2, 0.25) is 0 Å². The Morgan fingerprint density at radius 3 is 2.86 bits per heavy atom. The van der Waals surface area contributed by atoms with Gasteiger partial charge in [0.15, 0.2) is 0 Å². The number of hydrogen-bond donors (Lipinski definition) is 1. The molecule has 0 atom stereocenters. The van der Waals surface area contributed by atoms with Gasteiger partial charge < -0.3 is 10.1 Å². The number of carbonyl (C=O) groups excluding carboxylic acids is 1. The van der Waals surface area contributed by atoms with Crippen molar-refractivity contribution in [2.24, 2.45) is 0 Å². The van der Waals surface area contributed by atoms with Crippen molar-refractivity contribution in [2.75, 3.05) is 12.4 Å². The number of nitriles is 1. The van der Waals surface area contributed by atoms with E-state index in [1.165, 1.54) is 25.3 Å². The topological polar surface area (TPSA) is 75.0 Å². The quantitative estimate of drug-likeness (QED) is 0.879. The summed E-state index contributed by atoms with van der Waals surface area (Å²) in [6.45, 7) is 1.90. The molecule has 0 saturated heterocycles. The summed E-state index contributed by atoms with van der Waals surface area (Å²) in [5.74, 6) is -0.607. The molecule has 0 bridgehead atoms. The number of hydrogen-bond acceptors (Lipinski definition) is 5. The number of benzene rings is 1. The van der Waals surface area contributed by atoms with Crippen molar-refractivity contribution in [3.05, 3.63) is 58.5 Å². The molecule has 0 radical (unpaired) electrons. The number of ether oxygens (including phenoxy) is 1. The molecule has 22 heavy (non-hydrogen) atoms. The Balaban J connectivity index is 2.23. The summed E-state index contributed by atoms with van der Waals surface area (Å²) in [6, 6.07) is 9.37.